The van der Waals surface area contributed by atoms with Crippen molar-refractivity contribution >= 4 is 0 Å². The van der Waals surface area contributed by atoms with E-state index in [1.165, 1.54) is 0 Å². The van der Waals surface area contributed by atoms with E-state index in [0.717, 1.165) is 51.4 Å². The van der Waals surface area contributed by atoms with Crippen LogP contribution in [-0.2, 0) is 9.47 Å². The minimum atomic E-state index is 0.441. The van der Waals surface area contributed by atoms with E-state index in [0.29, 0.717) is 24.3 Å². The van der Waals surface area contributed by atoms with Crippen molar-refractivity contribution in [2.24, 2.45) is 11.5 Å². The van der Waals surface area contributed by atoms with Crippen LogP contribution in [0.1, 0.15) is 51.4 Å². The SMILES string of the molecule is COC1CCC(N)CC1.COC1CCC(N)CC1. The Bertz CT molecular complexity index is 176. The third-order valence-corrected chi connectivity index (χ3v) is 4.10. The van der Waals surface area contributed by atoms with Crippen LogP contribution in [0.3, 0.4) is 0 Å². The number of ether oxygens (including phenoxy) is 2. The summed E-state index contributed by atoms with van der Waals surface area (Å²) in [6, 6.07) is 0.882. The molecular formula is C14H30N2O2. The maximum Gasteiger partial charge on any atom is 0.0572 e. The topological polar surface area (TPSA) is 70.5 Å². The first-order valence-corrected chi connectivity index (χ1v) is 7.22. The highest BCUT2D eigenvalue weighted by Crippen LogP contribution is 2.19. The lowest BCUT2D eigenvalue weighted by Crippen LogP contribution is -2.29. The summed E-state index contributed by atoms with van der Waals surface area (Å²) in [5.74, 6) is 0. The second kappa shape index (κ2) is 8.86. The van der Waals surface area contributed by atoms with Gasteiger partial charge in [0.15, 0.2) is 0 Å². The summed E-state index contributed by atoms with van der Waals surface area (Å²) in [5, 5.41) is 0. The number of hydrogen-bond acceptors (Lipinski definition) is 4. The normalized spacial score (nSPS) is 36.7. The molecule has 0 amide bonds. The molecule has 2 saturated carbocycles. The van der Waals surface area contributed by atoms with Crippen LogP contribution < -0.4 is 11.5 Å². The zero-order chi connectivity index (χ0) is 13.4. The quantitative estimate of drug-likeness (QED) is 0.792. The van der Waals surface area contributed by atoms with Gasteiger partial charge in [-0.15, -0.1) is 0 Å². The van der Waals surface area contributed by atoms with Gasteiger partial charge in [-0.25, -0.2) is 0 Å². The maximum absolute atomic E-state index is 5.70. The van der Waals surface area contributed by atoms with Crippen molar-refractivity contribution in [2.45, 2.75) is 75.7 Å². The smallest absolute Gasteiger partial charge is 0.0572 e. The van der Waals surface area contributed by atoms with Crippen LogP contribution in [0.2, 0.25) is 0 Å². The summed E-state index contributed by atoms with van der Waals surface area (Å²) in [6.45, 7) is 0. The number of rotatable bonds is 2. The van der Waals surface area contributed by atoms with E-state index in [1.807, 2.05) is 0 Å². The predicted octanol–water partition coefficient (Wildman–Crippen LogP) is 1.81. The van der Waals surface area contributed by atoms with Crippen LogP contribution in [0.5, 0.6) is 0 Å². The fraction of sp³-hybridized carbons (Fsp3) is 1.00. The fourth-order valence-corrected chi connectivity index (χ4v) is 2.65. The molecule has 2 aliphatic carbocycles. The van der Waals surface area contributed by atoms with Crippen molar-refractivity contribution in [3.63, 3.8) is 0 Å². The van der Waals surface area contributed by atoms with E-state index in [9.17, 15) is 0 Å². The molecular weight excluding hydrogens is 228 g/mol. The Kier molecular flexibility index (Phi) is 7.82. The summed E-state index contributed by atoms with van der Waals surface area (Å²) in [6.07, 6.45) is 10.1. The Morgan fingerprint density at radius 3 is 1.11 bits per heavy atom. The molecule has 0 aromatic rings. The zero-order valence-corrected chi connectivity index (χ0v) is 11.9. The average Bonchev–Trinajstić information content (AvgIpc) is 2.41. The third-order valence-electron chi connectivity index (χ3n) is 4.10. The lowest BCUT2D eigenvalue weighted by Gasteiger charge is -2.24. The molecule has 0 heterocycles. The predicted molar refractivity (Wildman–Crippen MR) is 74.5 cm³/mol. The molecule has 0 radical (unpaired) electrons. The highest BCUT2D eigenvalue weighted by atomic mass is 16.5. The van der Waals surface area contributed by atoms with Gasteiger partial charge in [-0.2, -0.15) is 0 Å². The van der Waals surface area contributed by atoms with Crippen LogP contribution in [0.25, 0.3) is 0 Å². The van der Waals surface area contributed by atoms with E-state index in [1.54, 1.807) is 14.2 Å². The minimum absolute atomic E-state index is 0.441. The Hall–Kier alpha value is -0.160. The number of methoxy groups -OCH3 is 2. The van der Waals surface area contributed by atoms with Crippen LogP contribution >= 0.6 is 0 Å². The first-order valence-electron chi connectivity index (χ1n) is 7.22. The van der Waals surface area contributed by atoms with E-state index in [-0.39, 0.29) is 0 Å². The van der Waals surface area contributed by atoms with Crippen LogP contribution in [0, 0.1) is 0 Å². The van der Waals surface area contributed by atoms with Crippen LogP contribution in [-0.4, -0.2) is 38.5 Å². The second-order valence-electron chi connectivity index (χ2n) is 5.54. The van der Waals surface area contributed by atoms with Crippen molar-refractivity contribution in [2.75, 3.05) is 14.2 Å². The summed E-state index contributed by atoms with van der Waals surface area (Å²) in [7, 11) is 3.56. The molecule has 0 bridgehead atoms. The van der Waals surface area contributed by atoms with Gasteiger partial charge in [0.25, 0.3) is 0 Å². The molecule has 0 aromatic heterocycles. The lowest BCUT2D eigenvalue weighted by molar-refractivity contribution is 0.0664. The van der Waals surface area contributed by atoms with Gasteiger partial charge < -0.3 is 20.9 Å². The average molecular weight is 258 g/mol. The first kappa shape index (κ1) is 15.9. The molecule has 0 unspecified atom stereocenters. The van der Waals surface area contributed by atoms with Crippen molar-refractivity contribution in [1.82, 2.24) is 0 Å². The Morgan fingerprint density at radius 2 is 0.889 bits per heavy atom. The monoisotopic (exact) mass is 258 g/mol. The fourth-order valence-electron chi connectivity index (χ4n) is 2.65. The molecule has 4 heteroatoms. The second-order valence-corrected chi connectivity index (χ2v) is 5.54. The van der Waals surface area contributed by atoms with E-state index in [2.05, 4.69) is 0 Å². The first-order chi connectivity index (χ1) is 8.65. The standard InChI is InChI=1S/2C7H15NO/c2*1-9-7-4-2-6(8)3-5-7/h2*6-7H,2-5,8H2,1H3. The van der Waals surface area contributed by atoms with Gasteiger partial charge in [-0.1, -0.05) is 0 Å². The molecule has 0 atom stereocenters. The Labute approximate surface area is 111 Å². The van der Waals surface area contributed by atoms with E-state index in [4.69, 9.17) is 20.9 Å². The summed E-state index contributed by atoms with van der Waals surface area (Å²) in [5.41, 5.74) is 11.4. The minimum Gasteiger partial charge on any atom is -0.381 e. The molecule has 108 valence electrons. The molecule has 4 nitrogen and oxygen atoms in total. The highest BCUT2D eigenvalue weighted by Gasteiger charge is 2.17. The highest BCUT2D eigenvalue weighted by molar-refractivity contribution is 4.74. The van der Waals surface area contributed by atoms with Crippen molar-refractivity contribution in [1.29, 1.82) is 0 Å². The van der Waals surface area contributed by atoms with Gasteiger partial charge in [-0.05, 0) is 51.4 Å². The largest absolute Gasteiger partial charge is 0.381 e. The molecule has 2 fully saturated rings. The molecule has 0 aromatic carbocycles. The van der Waals surface area contributed by atoms with E-state index < -0.39 is 0 Å². The van der Waals surface area contributed by atoms with Gasteiger partial charge in [0.05, 0.1) is 12.2 Å². The Morgan fingerprint density at radius 1 is 0.611 bits per heavy atom. The van der Waals surface area contributed by atoms with Crippen molar-refractivity contribution in [3.05, 3.63) is 0 Å². The van der Waals surface area contributed by atoms with Crippen molar-refractivity contribution < 1.29 is 9.47 Å². The van der Waals surface area contributed by atoms with Crippen molar-refractivity contribution in [3.8, 4) is 0 Å². The molecule has 0 saturated heterocycles. The van der Waals surface area contributed by atoms with Gasteiger partial charge in [-0.3, -0.25) is 0 Å². The number of nitrogens with two attached hydrogens (primary N) is 2. The molecule has 0 aliphatic heterocycles. The van der Waals surface area contributed by atoms with Gasteiger partial charge in [0.2, 0.25) is 0 Å². The molecule has 2 rings (SSSR count). The third kappa shape index (κ3) is 6.14. The molecule has 0 spiro atoms. The maximum atomic E-state index is 5.70. The van der Waals surface area contributed by atoms with E-state index >= 15 is 0 Å². The van der Waals surface area contributed by atoms with Gasteiger partial charge >= 0.3 is 0 Å². The molecule has 18 heavy (non-hydrogen) atoms. The molecule has 2 aliphatic rings. The lowest BCUT2D eigenvalue weighted by atomic mass is 9.94. The summed E-state index contributed by atoms with van der Waals surface area (Å²) in [4.78, 5) is 0. The van der Waals surface area contributed by atoms with Gasteiger partial charge in [0.1, 0.15) is 0 Å². The van der Waals surface area contributed by atoms with Crippen LogP contribution in [0.15, 0.2) is 0 Å². The summed E-state index contributed by atoms with van der Waals surface area (Å²) >= 11 is 0. The zero-order valence-electron chi connectivity index (χ0n) is 11.9. The Balaban J connectivity index is 0.000000180. The van der Waals surface area contributed by atoms with Gasteiger partial charge in [0, 0.05) is 26.3 Å². The van der Waals surface area contributed by atoms with Crippen LogP contribution in [0.4, 0.5) is 0 Å². The number of hydrogen-bond donors (Lipinski definition) is 2. The summed E-state index contributed by atoms with van der Waals surface area (Å²) < 4.78 is 10.4. The molecule has 4 N–H and O–H groups in total.